The van der Waals surface area contributed by atoms with E-state index in [1.165, 1.54) is 0 Å². The minimum absolute atomic E-state index is 0.0179. The van der Waals surface area contributed by atoms with E-state index in [1.54, 1.807) is 6.07 Å². The fraction of sp³-hybridized carbons (Fsp3) is 0.588. The topological polar surface area (TPSA) is 72.1 Å². The zero-order valence-corrected chi connectivity index (χ0v) is 24.9. The number of carbonyl (C=O) groups is 1. The lowest BCUT2D eigenvalue weighted by atomic mass is 9.41. The number of amides is 1. The third kappa shape index (κ3) is 4.57. The molecule has 0 saturated heterocycles. The summed E-state index contributed by atoms with van der Waals surface area (Å²) in [6.07, 6.45) is 5.42. The molecular weight excluding hydrogens is 572 g/mol. The number of hydrogen-bond acceptors (Lipinski definition) is 5. The number of rotatable bonds is 8. The maximum Gasteiger partial charge on any atom is 0.417 e. The van der Waals surface area contributed by atoms with Crippen LogP contribution in [0.5, 0.6) is 0 Å². The molecule has 10 heteroatoms. The molecule has 2 heterocycles. The van der Waals surface area contributed by atoms with Gasteiger partial charge < -0.3 is 9.42 Å². The SMILES string of the molecule is CC1(c2nc(-c3cccc(N(CC45CCC(c6ccc(C(F)(F)F)cn6)(CC4)CC5)C(=O)CC45CC(F)(C4)C5)c3)no2)CC1. The van der Waals surface area contributed by atoms with E-state index in [4.69, 9.17) is 4.52 Å². The summed E-state index contributed by atoms with van der Waals surface area (Å²) in [5.41, 5.74) is -0.0856. The number of carbonyl (C=O) groups excluding carboxylic acids is 1. The Bertz CT molecular complexity index is 1580. The summed E-state index contributed by atoms with van der Waals surface area (Å²) < 4.78 is 59.4. The van der Waals surface area contributed by atoms with Gasteiger partial charge in [-0.05, 0) is 106 Å². The molecule has 4 bridgehead atoms. The van der Waals surface area contributed by atoms with Crippen molar-refractivity contribution in [1.82, 2.24) is 15.1 Å². The molecule has 0 spiro atoms. The van der Waals surface area contributed by atoms with Crippen molar-refractivity contribution in [3.8, 4) is 11.4 Å². The minimum Gasteiger partial charge on any atom is -0.338 e. The van der Waals surface area contributed by atoms with Crippen LogP contribution in [0, 0.1) is 10.8 Å². The van der Waals surface area contributed by atoms with Gasteiger partial charge in [-0.25, -0.2) is 4.39 Å². The van der Waals surface area contributed by atoms with E-state index in [0.29, 0.717) is 43.9 Å². The Morgan fingerprint density at radius 1 is 0.955 bits per heavy atom. The Kier molecular flexibility index (Phi) is 5.85. The third-order valence-electron chi connectivity index (χ3n) is 11.8. The van der Waals surface area contributed by atoms with Crippen LogP contribution in [0.4, 0.5) is 23.2 Å². The smallest absolute Gasteiger partial charge is 0.338 e. The fourth-order valence-electron chi connectivity index (χ4n) is 8.68. The van der Waals surface area contributed by atoms with Crippen molar-refractivity contribution in [2.75, 3.05) is 11.4 Å². The van der Waals surface area contributed by atoms with Gasteiger partial charge in [0.1, 0.15) is 5.67 Å². The van der Waals surface area contributed by atoms with Gasteiger partial charge in [-0.1, -0.05) is 24.2 Å². The number of benzene rings is 1. The third-order valence-corrected chi connectivity index (χ3v) is 11.8. The number of fused-ring (bicyclic) bond motifs is 3. The maximum atomic E-state index is 14.4. The summed E-state index contributed by atoms with van der Waals surface area (Å²) in [5, 5.41) is 4.24. The van der Waals surface area contributed by atoms with E-state index in [1.807, 2.05) is 29.2 Å². The average molecular weight is 609 g/mol. The van der Waals surface area contributed by atoms with Crippen LogP contribution in [0.25, 0.3) is 11.4 Å². The number of alkyl halides is 4. The fourth-order valence-corrected chi connectivity index (χ4v) is 8.68. The van der Waals surface area contributed by atoms with Gasteiger partial charge in [0.15, 0.2) is 0 Å². The van der Waals surface area contributed by atoms with Gasteiger partial charge in [0, 0.05) is 46.9 Å². The molecule has 0 unspecified atom stereocenters. The molecule has 0 N–H and O–H groups in total. The first-order valence-electron chi connectivity index (χ1n) is 15.8. The lowest BCUT2D eigenvalue weighted by molar-refractivity contribution is -0.215. The molecule has 44 heavy (non-hydrogen) atoms. The van der Waals surface area contributed by atoms with Crippen LogP contribution in [0.3, 0.4) is 0 Å². The van der Waals surface area contributed by atoms with Crippen molar-refractivity contribution < 1.29 is 26.9 Å². The van der Waals surface area contributed by atoms with Crippen LogP contribution in [0.1, 0.15) is 101 Å². The molecule has 3 aromatic rings. The van der Waals surface area contributed by atoms with Crippen molar-refractivity contribution in [2.24, 2.45) is 10.8 Å². The van der Waals surface area contributed by atoms with Crippen molar-refractivity contribution in [3.05, 3.63) is 59.7 Å². The maximum absolute atomic E-state index is 14.4. The van der Waals surface area contributed by atoms with E-state index >= 15 is 0 Å². The zero-order valence-electron chi connectivity index (χ0n) is 24.9. The van der Waals surface area contributed by atoms with Gasteiger partial charge in [0.05, 0.1) is 5.56 Å². The number of anilines is 1. The summed E-state index contributed by atoms with van der Waals surface area (Å²) in [7, 11) is 0. The quantitative estimate of drug-likeness (QED) is 0.242. The van der Waals surface area contributed by atoms with E-state index in [-0.39, 0.29) is 27.6 Å². The van der Waals surface area contributed by atoms with Crippen LogP contribution in [0.2, 0.25) is 0 Å². The van der Waals surface area contributed by atoms with E-state index in [2.05, 4.69) is 22.0 Å². The molecule has 6 nitrogen and oxygen atoms in total. The number of pyridine rings is 1. The zero-order chi connectivity index (χ0) is 30.6. The number of halogens is 4. The summed E-state index contributed by atoms with van der Waals surface area (Å²) in [6, 6.07) is 10.4. The van der Waals surface area contributed by atoms with Crippen molar-refractivity contribution in [2.45, 2.75) is 107 Å². The minimum atomic E-state index is -4.41. The monoisotopic (exact) mass is 608 g/mol. The first kappa shape index (κ1) is 28.2. The van der Waals surface area contributed by atoms with Gasteiger partial charge in [-0.3, -0.25) is 9.78 Å². The molecule has 1 aromatic carbocycles. The summed E-state index contributed by atoms with van der Waals surface area (Å²) in [6.45, 7) is 2.67. The second-order valence-corrected chi connectivity index (χ2v) is 15.1. The highest BCUT2D eigenvalue weighted by Crippen LogP contribution is 2.71. The van der Waals surface area contributed by atoms with E-state index in [0.717, 1.165) is 80.6 Å². The first-order chi connectivity index (χ1) is 20.8. The van der Waals surface area contributed by atoms with Crippen LogP contribution >= 0.6 is 0 Å². The van der Waals surface area contributed by atoms with Gasteiger partial charge >= 0.3 is 6.18 Å². The number of nitrogens with zero attached hydrogens (tertiary/aromatic N) is 4. The summed E-state index contributed by atoms with van der Waals surface area (Å²) in [4.78, 5) is 24.9. The first-order valence-corrected chi connectivity index (χ1v) is 15.8. The standard InChI is InChI=1S/C34H36F4N4O2/c1-29(7-8-29)28-40-27(41-44-28)22-3-2-4-24(15-22)42(26(43)16-31-18-33(35,19-31)20-31)21-30-9-12-32(13-10-30,14-11-30)25-6-5-23(17-39-25)34(36,37)38/h2-6,15,17H,7-14,16,18-21H2,1H3. The Morgan fingerprint density at radius 2 is 1.66 bits per heavy atom. The molecular formula is C34H36F4N4O2. The lowest BCUT2D eigenvalue weighted by Gasteiger charge is -2.66. The highest BCUT2D eigenvalue weighted by molar-refractivity contribution is 5.94. The molecule has 1 amide bonds. The predicted octanol–water partition coefficient (Wildman–Crippen LogP) is 8.11. The molecule has 0 aliphatic heterocycles. The molecule has 2 aromatic heterocycles. The Labute approximate surface area is 253 Å². The molecule has 232 valence electrons. The second-order valence-electron chi connectivity index (χ2n) is 15.1. The van der Waals surface area contributed by atoms with E-state index in [9.17, 15) is 22.4 Å². The van der Waals surface area contributed by atoms with Crippen molar-refractivity contribution in [3.63, 3.8) is 0 Å². The predicted molar refractivity (Wildman–Crippen MR) is 154 cm³/mol. The Hall–Kier alpha value is -3.30. The highest BCUT2D eigenvalue weighted by atomic mass is 19.4. The number of aromatic nitrogens is 3. The summed E-state index contributed by atoms with van der Waals surface area (Å²) in [5.74, 6) is 1.16. The summed E-state index contributed by atoms with van der Waals surface area (Å²) >= 11 is 0. The van der Waals surface area contributed by atoms with Gasteiger partial charge in [0.25, 0.3) is 0 Å². The average Bonchev–Trinajstić information content (AvgIpc) is 3.53. The van der Waals surface area contributed by atoms with Crippen molar-refractivity contribution in [1.29, 1.82) is 0 Å². The van der Waals surface area contributed by atoms with Gasteiger partial charge in [0.2, 0.25) is 17.6 Å². The molecule has 0 radical (unpaired) electrons. The molecule has 7 saturated carbocycles. The highest BCUT2D eigenvalue weighted by Gasteiger charge is 2.69. The van der Waals surface area contributed by atoms with Crippen molar-refractivity contribution >= 4 is 11.6 Å². The van der Waals surface area contributed by atoms with Gasteiger partial charge in [-0.2, -0.15) is 18.2 Å². The van der Waals surface area contributed by atoms with Crippen LogP contribution in [-0.2, 0) is 21.8 Å². The van der Waals surface area contributed by atoms with Gasteiger partial charge in [-0.15, -0.1) is 0 Å². The molecule has 10 rings (SSSR count). The molecule has 0 atom stereocenters. The lowest BCUT2D eigenvalue weighted by Crippen LogP contribution is -2.65. The largest absolute Gasteiger partial charge is 0.417 e. The Morgan fingerprint density at radius 3 is 2.25 bits per heavy atom. The number of hydrogen-bond donors (Lipinski definition) is 0. The second kappa shape index (κ2) is 9.13. The molecule has 7 fully saturated rings. The Balaban J connectivity index is 1.04. The van der Waals surface area contributed by atoms with Crippen LogP contribution in [0.15, 0.2) is 47.1 Å². The molecule has 7 aliphatic carbocycles. The van der Waals surface area contributed by atoms with Crippen LogP contribution < -0.4 is 4.90 Å². The normalized spacial score (nSPS) is 32.9. The van der Waals surface area contributed by atoms with Crippen LogP contribution in [-0.4, -0.2) is 33.2 Å². The molecule has 7 aliphatic rings. The van der Waals surface area contributed by atoms with E-state index < -0.39 is 17.4 Å².